The van der Waals surface area contributed by atoms with Crippen molar-refractivity contribution in [2.75, 3.05) is 0 Å². The zero-order valence-corrected chi connectivity index (χ0v) is 11.6. The third kappa shape index (κ3) is 2.36. The number of fused-ring (bicyclic) bond motifs is 1. The van der Waals surface area contributed by atoms with E-state index in [1.54, 1.807) is 18.1 Å². The minimum Gasteiger partial charge on any atom is -0.480 e. The number of rotatable bonds is 3. The highest BCUT2D eigenvalue weighted by molar-refractivity contribution is 8.00. The normalized spacial score (nSPS) is 25.9. The summed E-state index contributed by atoms with van der Waals surface area (Å²) in [5.74, 6) is -0.909. The van der Waals surface area contributed by atoms with E-state index in [1.807, 2.05) is 24.3 Å². The molecular weight excluding hydrogens is 274 g/mol. The number of aliphatic carboxylic acids is 1. The highest BCUT2D eigenvalue weighted by atomic mass is 32.2. The summed E-state index contributed by atoms with van der Waals surface area (Å²) < 4.78 is 0. The summed E-state index contributed by atoms with van der Waals surface area (Å²) >= 11 is 1.61. The number of carboxylic acid groups (broad SMARTS) is 1. The summed E-state index contributed by atoms with van der Waals surface area (Å²) in [6, 6.07) is 7.82. The van der Waals surface area contributed by atoms with Crippen LogP contribution in [0.4, 0.5) is 0 Å². The minimum atomic E-state index is -1.08. The zero-order chi connectivity index (χ0) is 14.2. The van der Waals surface area contributed by atoms with Gasteiger partial charge in [-0.05, 0) is 25.3 Å². The Bertz CT molecular complexity index is 658. The second-order valence-corrected chi connectivity index (χ2v) is 6.43. The van der Waals surface area contributed by atoms with Crippen LogP contribution in [0.1, 0.15) is 19.3 Å². The molecule has 2 unspecified atom stereocenters. The van der Waals surface area contributed by atoms with Gasteiger partial charge in [-0.25, -0.2) is 9.97 Å². The predicted octanol–water partition coefficient (Wildman–Crippen LogP) is 2.06. The number of benzene rings is 1. The average Bonchev–Trinajstić information content (AvgIpc) is 2.82. The molecule has 3 N–H and O–H groups in total. The van der Waals surface area contributed by atoms with E-state index in [1.165, 1.54) is 0 Å². The van der Waals surface area contributed by atoms with E-state index in [2.05, 4.69) is 9.97 Å². The molecule has 1 fully saturated rings. The van der Waals surface area contributed by atoms with Gasteiger partial charge in [0.1, 0.15) is 16.9 Å². The van der Waals surface area contributed by atoms with E-state index in [0.717, 1.165) is 22.3 Å². The topological polar surface area (TPSA) is 89.1 Å². The van der Waals surface area contributed by atoms with E-state index < -0.39 is 11.5 Å². The Morgan fingerprint density at radius 1 is 1.40 bits per heavy atom. The van der Waals surface area contributed by atoms with Crippen LogP contribution in [0.25, 0.3) is 10.9 Å². The van der Waals surface area contributed by atoms with Crippen LogP contribution < -0.4 is 5.73 Å². The summed E-state index contributed by atoms with van der Waals surface area (Å²) in [5, 5.41) is 11.3. The van der Waals surface area contributed by atoms with Gasteiger partial charge in [0.05, 0.1) is 5.52 Å². The molecule has 0 spiro atoms. The second kappa shape index (κ2) is 5.03. The first kappa shape index (κ1) is 13.3. The lowest BCUT2D eigenvalue weighted by molar-refractivity contribution is -0.143. The van der Waals surface area contributed by atoms with Crippen molar-refractivity contribution in [3.8, 4) is 0 Å². The van der Waals surface area contributed by atoms with Crippen LogP contribution in [0.15, 0.2) is 35.6 Å². The molecular formula is C14H15N3O2S. The summed E-state index contributed by atoms with van der Waals surface area (Å²) in [4.78, 5) is 19.7. The molecule has 2 atom stereocenters. The lowest BCUT2D eigenvalue weighted by Crippen LogP contribution is -2.45. The molecule has 1 saturated carbocycles. The van der Waals surface area contributed by atoms with Crippen molar-refractivity contribution in [1.29, 1.82) is 0 Å². The maximum atomic E-state index is 11.2. The molecule has 1 aromatic heterocycles. The molecule has 6 heteroatoms. The monoisotopic (exact) mass is 289 g/mol. The van der Waals surface area contributed by atoms with Gasteiger partial charge in [0, 0.05) is 10.6 Å². The quantitative estimate of drug-likeness (QED) is 0.841. The van der Waals surface area contributed by atoms with Crippen LogP contribution in [-0.2, 0) is 4.79 Å². The van der Waals surface area contributed by atoms with Crippen molar-refractivity contribution in [2.45, 2.75) is 35.1 Å². The van der Waals surface area contributed by atoms with E-state index in [9.17, 15) is 4.79 Å². The van der Waals surface area contributed by atoms with Crippen LogP contribution in [0.3, 0.4) is 0 Å². The van der Waals surface area contributed by atoms with Gasteiger partial charge in [-0.15, -0.1) is 11.8 Å². The fourth-order valence-electron chi connectivity index (χ4n) is 2.56. The van der Waals surface area contributed by atoms with Crippen molar-refractivity contribution in [3.05, 3.63) is 30.6 Å². The fraction of sp³-hybridized carbons (Fsp3) is 0.357. The molecule has 1 aromatic carbocycles. The summed E-state index contributed by atoms with van der Waals surface area (Å²) in [5.41, 5.74) is 5.73. The lowest BCUT2D eigenvalue weighted by atomic mass is 10.0. The highest BCUT2D eigenvalue weighted by Gasteiger charge is 2.42. The number of hydrogen-bond acceptors (Lipinski definition) is 5. The molecule has 0 aliphatic heterocycles. The molecule has 1 aliphatic carbocycles. The summed E-state index contributed by atoms with van der Waals surface area (Å²) in [7, 11) is 0. The first-order valence-corrected chi connectivity index (χ1v) is 7.35. The van der Waals surface area contributed by atoms with Gasteiger partial charge >= 0.3 is 5.97 Å². The van der Waals surface area contributed by atoms with Crippen molar-refractivity contribution < 1.29 is 9.90 Å². The Morgan fingerprint density at radius 3 is 2.95 bits per heavy atom. The molecule has 1 aliphatic rings. The number of nitrogens with zero attached hydrogens (tertiary/aromatic N) is 2. The molecule has 2 aromatic rings. The van der Waals surface area contributed by atoms with Gasteiger partial charge in [0.2, 0.25) is 0 Å². The number of carbonyl (C=O) groups is 1. The summed E-state index contributed by atoms with van der Waals surface area (Å²) in [6.07, 6.45) is 3.34. The number of thioether (sulfide) groups is 1. The number of hydrogen-bond donors (Lipinski definition) is 2. The Hall–Kier alpha value is -1.66. The Morgan fingerprint density at radius 2 is 2.20 bits per heavy atom. The first-order chi connectivity index (χ1) is 9.58. The standard InChI is InChI=1S/C14H15N3O2S/c15-14(13(18)19)6-5-9(7-14)20-12-10-3-1-2-4-11(10)16-8-17-12/h1-4,8-9H,5-7,15H2,(H,18,19). The summed E-state index contributed by atoms with van der Waals surface area (Å²) in [6.45, 7) is 0. The number of aromatic nitrogens is 2. The van der Waals surface area contributed by atoms with Gasteiger partial charge in [-0.3, -0.25) is 4.79 Å². The molecule has 0 saturated heterocycles. The molecule has 104 valence electrons. The molecule has 0 bridgehead atoms. The van der Waals surface area contributed by atoms with Gasteiger partial charge in [-0.1, -0.05) is 18.2 Å². The number of para-hydroxylation sites is 1. The maximum Gasteiger partial charge on any atom is 0.323 e. The third-order valence-electron chi connectivity index (χ3n) is 3.71. The largest absolute Gasteiger partial charge is 0.480 e. The van der Waals surface area contributed by atoms with Crippen LogP contribution in [0.2, 0.25) is 0 Å². The molecule has 0 radical (unpaired) electrons. The molecule has 20 heavy (non-hydrogen) atoms. The first-order valence-electron chi connectivity index (χ1n) is 6.47. The van der Waals surface area contributed by atoms with Gasteiger partial charge in [-0.2, -0.15) is 0 Å². The van der Waals surface area contributed by atoms with Gasteiger partial charge in [0.25, 0.3) is 0 Å². The highest BCUT2D eigenvalue weighted by Crippen LogP contribution is 2.40. The van der Waals surface area contributed by atoms with E-state index in [0.29, 0.717) is 12.8 Å². The minimum absolute atomic E-state index is 0.189. The predicted molar refractivity (Wildman–Crippen MR) is 77.6 cm³/mol. The van der Waals surface area contributed by atoms with Crippen molar-refractivity contribution in [2.24, 2.45) is 5.73 Å². The van der Waals surface area contributed by atoms with Crippen LogP contribution in [-0.4, -0.2) is 31.8 Å². The van der Waals surface area contributed by atoms with Gasteiger partial charge < -0.3 is 10.8 Å². The van der Waals surface area contributed by atoms with Crippen LogP contribution in [0, 0.1) is 0 Å². The Balaban J connectivity index is 1.83. The Kier molecular flexibility index (Phi) is 3.35. The van der Waals surface area contributed by atoms with Crippen molar-refractivity contribution in [3.63, 3.8) is 0 Å². The lowest BCUT2D eigenvalue weighted by Gasteiger charge is -2.17. The SMILES string of the molecule is NC1(C(=O)O)CCC(Sc2ncnc3ccccc23)C1. The molecule has 3 rings (SSSR count). The maximum absolute atomic E-state index is 11.2. The second-order valence-electron chi connectivity index (χ2n) is 5.14. The van der Waals surface area contributed by atoms with Crippen LogP contribution >= 0.6 is 11.8 Å². The fourth-order valence-corrected chi connectivity index (χ4v) is 3.90. The van der Waals surface area contributed by atoms with Crippen molar-refractivity contribution in [1.82, 2.24) is 9.97 Å². The van der Waals surface area contributed by atoms with E-state index >= 15 is 0 Å². The number of nitrogens with two attached hydrogens (primary N) is 1. The van der Waals surface area contributed by atoms with Gasteiger partial charge in [0.15, 0.2) is 0 Å². The van der Waals surface area contributed by atoms with Crippen LogP contribution in [0.5, 0.6) is 0 Å². The van der Waals surface area contributed by atoms with Crippen molar-refractivity contribution >= 4 is 28.6 Å². The Labute approximate surface area is 120 Å². The third-order valence-corrected chi connectivity index (χ3v) is 5.00. The van der Waals surface area contributed by atoms with E-state index in [-0.39, 0.29) is 5.25 Å². The smallest absolute Gasteiger partial charge is 0.323 e. The van der Waals surface area contributed by atoms with E-state index in [4.69, 9.17) is 10.8 Å². The molecule has 1 heterocycles. The number of carboxylic acids is 1. The average molecular weight is 289 g/mol. The molecule has 0 amide bonds. The zero-order valence-electron chi connectivity index (χ0n) is 10.8. The molecule has 5 nitrogen and oxygen atoms in total.